The average molecular weight is 220 g/mol. The van der Waals surface area contributed by atoms with Gasteiger partial charge in [0.1, 0.15) is 5.75 Å². The number of guanidine groups is 1. The normalized spacial score (nSPS) is 10.9. The van der Waals surface area contributed by atoms with Gasteiger partial charge in [-0.15, -0.1) is 5.10 Å². The molecule has 0 radical (unpaired) electrons. The Morgan fingerprint density at radius 1 is 1.38 bits per heavy atom. The van der Waals surface area contributed by atoms with Gasteiger partial charge in [0.2, 0.25) is 5.96 Å². The first-order valence-corrected chi connectivity index (χ1v) is 4.96. The van der Waals surface area contributed by atoms with E-state index in [1.54, 1.807) is 6.07 Å². The van der Waals surface area contributed by atoms with E-state index in [0.29, 0.717) is 5.56 Å². The number of nitrogens with zero attached hydrogens (tertiary/aromatic N) is 2. The van der Waals surface area contributed by atoms with Gasteiger partial charge in [-0.2, -0.15) is 5.10 Å². The van der Waals surface area contributed by atoms with E-state index in [2.05, 4.69) is 10.2 Å². The summed E-state index contributed by atoms with van der Waals surface area (Å²) in [5.74, 6) is 0.347. The molecule has 5 N–H and O–H groups in total. The topological polar surface area (TPSA) is 97.0 Å². The van der Waals surface area contributed by atoms with Crippen LogP contribution in [0.5, 0.6) is 5.75 Å². The molecule has 0 bridgehead atoms. The van der Waals surface area contributed by atoms with Crippen molar-refractivity contribution in [2.75, 3.05) is 0 Å². The maximum atomic E-state index is 9.92. The molecule has 1 aromatic rings. The van der Waals surface area contributed by atoms with Gasteiger partial charge < -0.3 is 16.6 Å². The average Bonchev–Trinajstić information content (AvgIpc) is 2.19. The van der Waals surface area contributed by atoms with Crippen LogP contribution in [-0.2, 0) is 0 Å². The summed E-state index contributed by atoms with van der Waals surface area (Å²) in [4.78, 5) is 0. The monoisotopic (exact) mass is 220 g/mol. The number of hydrogen-bond donors (Lipinski definition) is 3. The second kappa shape index (κ2) is 5.16. The molecule has 0 fully saturated rings. The van der Waals surface area contributed by atoms with Crippen molar-refractivity contribution in [3.63, 3.8) is 0 Å². The van der Waals surface area contributed by atoms with E-state index in [1.165, 1.54) is 6.21 Å². The fraction of sp³-hybridized carbons (Fsp3) is 0.273. The Hall–Kier alpha value is -2.04. The molecule has 1 rings (SSSR count). The predicted molar refractivity (Wildman–Crippen MR) is 65.6 cm³/mol. The van der Waals surface area contributed by atoms with Crippen molar-refractivity contribution in [2.45, 2.75) is 19.8 Å². The van der Waals surface area contributed by atoms with Crippen LogP contribution in [0.3, 0.4) is 0 Å². The molecule has 0 aliphatic carbocycles. The molecule has 0 heterocycles. The van der Waals surface area contributed by atoms with E-state index in [0.717, 1.165) is 5.56 Å². The Bertz CT molecular complexity index is 420. The molecule has 0 spiro atoms. The molecule has 0 aliphatic heterocycles. The first-order chi connectivity index (χ1) is 7.52. The first-order valence-electron chi connectivity index (χ1n) is 4.96. The van der Waals surface area contributed by atoms with Crippen LogP contribution < -0.4 is 11.5 Å². The lowest BCUT2D eigenvalue weighted by molar-refractivity contribution is 0.464. The third kappa shape index (κ3) is 2.98. The molecule has 86 valence electrons. The number of nitrogens with two attached hydrogens (primary N) is 2. The van der Waals surface area contributed by atoms with Crippen LogP contribution in [-0.4, -0.2) is 17.3 Å². The van der Waals surface area contributed by atoms with Crippen LogP contribution in [0.4, 0.5) is 0 Å². The molecule has 5 heteroatoms. The summed E-state index contributed by atoms with van der Waals surface area (Å²) >= 11 is 0. The minimum atomic E-state index is -0.115. The van der Waals surface area contributed by atoms with E-state index in [-0.39, 0.29) is 17.6 Å². The minimum absolute atomic E-state index is 0.115. The fourth-order valence-corrected chi connectivity index (χ4v) is 1.31. The molecule has 1 aromatic carbocycles. The molecule has 16 heavy (non-hydrogen) atoms. The van der Waals surface area contributed by atoms with Gasteiger partial charge in [-0.1, -0.05) is 26.0 Å². The van der Waals surface area contributed by atoms with Gasteiger partial charge in [0.25, 0.3) is 0 Å². The van der Waals surface area contributed by atoms with Crippen LogP contribution >= 0.6 is 0 Å². The predicted octanol–water partition coefficient (Wildman–Crippen LogP) is 1.12. The fourth-order valence-electron chi connectivity index (χ4n) is 1.31. The van der Waals surface area contributed by atoms with Crippen LogP contribution in [0.2, 0.25) is 0 Å². The summed E-state index contributed by atoms with van der Waals surface area (Å²) in [6.07, 6.45) is 1.42. The number of phenolic OH excluding ortho intramolecular Hbond substituents is 1. The smallest absolute Gasteiger partial charge is 0.211 e. The van der Waals surface area contributed by atoms with Gasteiger partial charge in [-0.3, -0.25) is 0 Å². The van der Waals surface area contributed by atoms with Crippen molar-refractivity contribution in [3.8, 4) is 5.75 Å². The molecule has 0 unspecified atom stereocenters. The second-order valence-corrected chi connectivity index (χ2v) is 3.71. The number of benzene rings is 1. The molecule has 0 aromatic heterocycles. The molecule has 0 saturated heterocycles. The zero-order valence-electron chi connectivity index (χ0n) is 9.38. The zero-order chi connectivity index (χ0) is 12.1. The summed E-state index contributed by atoms with van der Waals surface area (Å²) in [5.41, 5.74) is 11.7. The van der Waals surface area contributed by atoms with Crippen LogP contribution in [0.25, 0.3) is 0 Å². The summed E-state index contributed by atoms with van der Waals surface area (Å²) in [6, 6.07) is 5.47. The maximum Gasteiger partial charge on any atom is 0.211 e. The Morgan fingerprint density at radius 2 is 2.06 bits per heavy atom. The lowest BCUT2D eigenvalue weighted by atomic mass is 9.99. The maximum absolute atomic E-state index is 9.92. The highest BCUT2D eigenvalue weighted by atomic mass is 16.3. The SMILES string of the molecule is CC(C)c1cccc(C=NN=C(N)N)c1O. The molecule has 0 amide bonds. The van der Waals surface area contributed by atoms with Crippen molar-refractivity contribution < 1.29 is 5.11 Å². The van der Waals surface area contributed by atoms with E-state index in [1.807, 2.05) is 26.0 Å². The highest BCUT2D eigenvalue weighted by Crippen LogP contribution is 2.27. The minimum Gasteiger partial charge on any atom is -0.507 e. The molecule has 0 atom stereocenters. The van der Waals surface area contributed by atoms with Gasteiger partial charge >= 0.3 is 0 Å². The zero-order valence-corrected chi connectivity index (χ0v) is 9.38. The van der Waals surface area contributed by atoms with Crippen molar-refractivity contribution in [3.05, 3.63) is 29.3 Å². The highest BCUT2D eigenvalue weighted by Gasteiger charge is 2.08. The Balaban J connectivity index is 3.02. The first kappa shape index (κ1) is 12.0. The third-order valence-corrected chi connectivity index (χ3v) is 2.09. The lowest BCUT2D eigenvalue weighted by Crippen LogP contribution is -2.21. The Kier molecular flexibility index (Phi) is 3.88. The standard InChI is InChI=1S/C11H16N4O/c1-7(2)9-5-3-4-8(10(9)16)6-14-15-11(12)13/h3-7,16H,1-2H3,(H4,12,13,15). The summed E-state index contributed by atoms with van der Waals surface area (Å²) in [6.45, 7) is 4.01. The van der Waals surface area contributed by atoms with Gasteiger partial charge in [-0.25, -0.2) is 0 Å². The van der Waals surface area contributed by atoms with Gasteiger partial charge in [0.15, 0.2) is 0 Å². The highest BCUT2D eigenvalue weighted by molar-refractivity contribution is 5.85. The van der Waals surface area contributed by atoms with E-state index >= 15 is 0 Å². The van der Waals surface area contributed by atoms with Gasteiger partial charge in [0.05, 0.1) is 6.21 Å². The summed E-state index contributed by atoms with van der Waals surface area (Å²) in [5, 5.41) is 17.0. The van der Waals surface area contributed by atoms with Crippen molar-refractivity contribution >= 4 is 12.2 Å². The number of para-hydroxylation sites is 1. The number of aromatic hydroxyl groups is 1. The van der Waals surface area contributed by atoms with Crippen molar-refractivity contribution in [1.29, 1.82) is 0 Å². The molecular formula is C11H16N4O. The number of hydrogen-bond acceptors (Lipinski definition) is 3. The van der Waals surface area contributed by atoms with Crippen LogP contribution in [0.1, 0.15) is 30.9 Å². The number of rotatable bonds is 3. The van der Waals surface area contributed by atoms with E-state index in [9.17, 15) is 5.11 Å². The Labute approximate surface area is 94.5 Å². The second-order valence-electron chi connectivity index (χ2n) is 3.71. The van der Waals surface area contributed by atoms with E-state index in [4.69, 9.17) is 11.5 Å². The molecular weight excluding hydrogens is 204 g/mol. The molecule has 0 saturated carbocycles. The summed E-state index contributed by atoms with van der Waals surface area (Å²) in [7, 11) is 0. The third-order valence-electron chi connectivity index (χ3n) is 2.09. The van der Waals surface area contributed by atoms with Crippen LogP contribution in [0, 0.1) is 0 Å². The van der Waals surface area contributed by atoms with Crippen molar-refractivity contribution in [2.24, 2.45) is 21.7 Å². The Morgan fingerprint density at radius 3 is 2.62 bits per heavy atom. The van der Waals surface area contributed by atoms with Gasteiger partial charge in [0, 0.05) is 5.56 Å². The van der Waals surface area contributed by atoms with Crippen LogP contribution in [0.15, 0.2) is 28.4 Å². The van der Waals surface area contributed by atoms with E-state index < -0.39 is 0 Å². The van der Waals surface area contributed by atoms with Crippen molar-refractivity contribution in [1.82, 2.24) is 0 Å². The lowest BCUT2D eigenvalue weighted by Gasteiger charge is -2.09. The van der Waals surface area contributed by atoms with Gasteiger partial charge in [-0.05, 0) is 17.5 Å². The molecule has 5 nitrogen and oxygen atoms in total. The summed E-state index contributed by atoms with van der Waals surface area (Å²) < 4.78 is 0. The quantitative estimate of drug-likeness (QED) is 0.404. The number of phenols is 1. The largest absolute Gasteiger partial charge is 0.507 e. The molecule has 0 aliphatic rings.